The van der Waals surface area contributed by atoms with E-state index in [4.69, 9.17) is 14.2 Å². The van der Waals surface area contributed by atoms with Crippen molar-refractivity contribution in [1.29, 1.82) is 0 Å². The van der Waals surface area contributed by atoms with Crippen LogP contribution in [0.1, 0.15) is 192 Å². The molecule has 0 heterocycles. The van der Waals surface area contributed by atoms with Gasteiger partial charge < -0.3 is 72.5 Å². The second-order valence-corrected chi connectivity index (χ2v) is 27.7. The molecule has 0 bridgehead atoms. The summed E-state index contributed by atoms with van der Waals surface area (Å²) in [6.07, 6.45) is 0.0278. The van der Waals surface area contributed by atoms with Crippen LogP contribution in [0.15, 0.2) is 60.7 Å². The molecule has 8 atom stereocenters. The number of carbonyl (C=O) groups excluding carboxylic acids is 10. The summed E-state index contributed by atoms with van der Waals surface area (Å²) in [5.74, 6) is -7.17. The third-order valence-corrected chi connectivity index (χ3v) is 14.5. The number of nitrogens with one attached hydrogen (secondary N) is 10. The molecular weight excluding hydrogens is 1210 g/mol. The van der Waals surface area contributed by atoms with Crippen LogP contribution in [-0.4, -0.2) is 138 Å². The lowest BCUT2D eigenvalue weighted by molar-refractivity contribution is -0.143. The molecule has 0 saturated heterocycles. The van der Waals surface area contributed by atoms with Gasteiger partial charge in [0.25, 0.3) is 0 Å². The van der Waals surface area contributed by atoms with Gasteiger partial charge in [0, 0.05) is 13.1 Å². The summed E-state index contributed by atoms with van der Waals surface area (Å²) in [6.45, 7) is 27.6. The first-order valence-corrected chi connectivity index (χ1v) is 33.4. The van der Waals surface area contributed by atoms with Crippen LogP contribution < -0.4 is 53.2 Å². The van der Waals surface area contributed by atoms with Crippen molar-refractivity contribution in [3.8, 4) is 0 Å². The first kappa shape index (κ1) is 82.1. The minimum absolute atomic E-state index is 0.0109. The van der Waals surface area contributed by atoms with Crippen molar-refractivity contribution in [2.24, 2.45) is 35.5 Å². The van der Waals surface area contributed by atoms with Crippen LogP contribution >= 0.6 is 0 Å². The molecule has 0 saturated carbocycles. The van der Waals surface area contributed by atoms with Crippen LogP contribution in [0.3, 0.4) is 0 Å². The summed E-state index contributed by atoms with van der Waals surface area (Å²) in [5.41, 5.74) is 0.713. The minimum atomic E-state index is -1.29. The topological polar surface area (TPSA) is 356 Å². The molecule has 94 heavy (non-hydrogen) atoms. The summed E-state index contributed by atoms with van der Waals surface area (Å²) in [6, 6.07) is 8.49. The van der Waals surface area contributed by atoms with Gasteiger partial charge in [0.05, 0.1) is 0 Å². The van der Waals surface area contributed by atoms with Gasteiger partial charge in [-0.3, -0.25) is 33.6 Å². The van der Waals surface area contributed by atoms with Gasteiger partial charge in [0.15, 0.2) is 0 Å². The zero-order valence-corrected chi connectivity index (χ0v) is 58.3. The van der Waals surface area contributed by atoms with Gasteiger partial charge >= 0.3 is 24.2 Å². The summed E-state index contributed by atoms with van der Waals surface area (Å²) in [5, 5.41) is 37.4. The Hall–Kier alpha value is -7.99. The number of carbonyl (C=O) groups is 11. The third kappa shape index (κ3) is 35.9. The number of ether oxygens (including phenoxy) is 3. The number of unbranched alkanes of at least 4 members (excludes halogenated alkanes) is 2. The molecule has 0 aromatic heterocycles. The second kappa shape index (κ2) is 43.1. The zero-order chi connectivity index (χ0) is 70.7. The van der Waals surface area contributed by atoms with Gasteiger partial charge in [-0.15, -0.1) is 0 Å². The zero-order valence-electron chi connectivity index (χ0n) is 58.3. The maximum atomic E-state index is 14.6. The van der Waals surface area contributed by atoms with E-state index in [-0.39, 0.29) is 120 Å². The minimum Gasteiger partial charge on any atom is -0.480 e. The fourth-order valence-corrected chi connectivity index (χ4v) is 9.98. The van der Waals surface area contributed by atoms with Gasteiger partial charge in [-0.05, 0) is 144 Å². The molecule has 0 fully saturated rings. The number of hydrogen-bond acceptors (Lipinski definition) is 14. The van der Waals surface area contributed by atoms with Crippen LogP contribution in [0.4, 0.5) is 14.4 Å². The molecule has 0 aliphatic carbocycles. The second-order valence-electron chi connectivity index (χ2n) is 27.7. The number of rotatable bonds is 42. The molecule has 2 rings (SSSR count). The van der Waals surface area contributed by atoms with E-state index in [0.717, 1.165) is 11.1 Å². The number of alkyl carbamates (subject to hydrolysis) is 3. The predicted molar refractivity (Wildman–Crippen MR) is 358 cm³/mol. The summed E-state index contributed by atoms with van der Waals surface area (Å²) in [7, 11) is 0. The standard InChI is InChI=1S/C69H112N10O15/c1-42(2)34-52(60(82)72-50(30-22-24-32-70-66(89)92-40-48-26-18-16-19-27-48)58(80)73-56(38-46(9)10)64(86)78-57(65(87)88)39-47(11)12)75-62(84)54(36-44(5)6)77-63(85)55(37-45(7)8)76-61(83)53(35-43(3)4)74-59(81)51(79-68(91)94-69(13,14)15)31-23-25-33-71-67(90)93-41-49-28-20-17-21-29-49/h16-21,26-29,42-47,50-57H,22-25,30-41H2,1-15H3,(H,70,89)(H,71,90)(H,72,82)(H,73,80)(H,74,81)(H,75,84)(H,76,83)(H,77,85)(H,78,86)(H,79,91)(H,87,88)/t50-,51-,52-,53-,54-,55-,56-,57-/m0/s1. The first-order valence-electron chi connectivity index (χ1n) is 33.4. The fourth-order valence-electron chi connectivity index (χ4n) is 9.98. The Bertz CT molecular complexity index is 2690. The molecule has 25 heteroatoms. The van der Waals surface area contributed by atoms with E-state index in [1.165, 1.54) is 0 Å². The van der Waals surface area contributed by atoms with Crippen LogP contribution in [0.5, 0.6) is 0 Å². The molecule has 528 valence electrons. The van der Waals surface area contributed by atoms with E-state index in [2.05, 4.69) is 53.2 Å². The molecule has 0 aliphatic rings. The molecule has 0 spiro atoms. The van der Waals surface area contributed by atoms with Crippen LogP contribution in [-0.2, 0) is 65.8 Å². The van der Waals surface area contributed by atoms with Crippen molar-refractivity contribution in [1.82, 2.24) is 53.2 Å². The van der Waals surface area contributed by atoms with E-state index >= 15 is 0 Å². The Kier molecular flexibility index (Phi) is 37.6. The molecule has 10 amide bonds. The third-order valence-electron chi connectivity index (χ3n) is 14.5. The Morgan fingerprint density at radius 2 is 0.606 bits per heavy atom. The maximum Gasteiger partial charge on any atom is 0.408 e. The number of hydrogen-bond donors (Lipinski definition) is 11. The van der Waals surface area contributed by atoms with E-state index in [1.807, 2.05) is 144 Å². The Balaban J connectivity index is 2.41. The molecule has 0 radical (unpaired) electrons. The highest BCUT2D eigenvalue weighted by Gasteiger charge is 2.36. The van der Waals surface area contributed by atoms with Crippen LogP contribution in [0.25, 0.3) is 0 Å². The van der Waals surface area contributed by atoms with Crippen molar-refractivity contribution in [3.63, 3.8) is 0 Å². The monoisotopic (exact) mass is 1320 g/mol. The predicted octanol–water partition coefficient (Wildman–Crippen LogP) is 7.83. The van der Waals surface area contributed by atoms with E-state index in [1.54, 1.807) is 20.8 Å². The first-order chi connectivity index (χ1) is 44.1. The lowest BCUT2D eigenvalue weighted by Gasteiger charge is -2.30. The quantitative estimate of drug-likeness (QED) is 0.0223. The SMILES string of the molecule is CC(C)C[C@H](NC(=O)[C@H](CC(C)C)NC(=O)[C@H](CCCCNC(=O)OCc1ccccc1)NC(=O)[C@H](CC(C)C)NC(=O)[C@H](CC(C)C)NC(=O)[C@H](CC(C)C)NC(=O)[C@H](CC(C)C)NC(=O)[C@H](CCCCNC(=O)OCc1ccccc1)NC(=O)OC(C)(C)C)C(=O)O. The molecule has 0 unspecified atom stereocenters. The Morgan fingerprint density at radius 3 is 0.883 bits per heavy atom. The van der Waals surface area contributed by atoms with Crippen molar-refractivity contribution in [2.75, 3.05) is 13.1 Å². The van der Waals surface area contributed by atoms with Gasteiger partial charge in [-0.2, -0.15) is 0 Å². The molecule has 2 aromatic carbocycles. The van der Waals surface area contributed by atoms with Gasteiger partial charge in [-0.1, -0.05) is 144 Å². The summed E-state index contributed by atoms with van der Waals surface area (Å²) < 4.78 is 16.1. The average Bonchev–Trinajstić information content (AvgIpc) is 0.883. The molecule has 0 aliphatic heterocycles. The highest BCUT2D eigenvalue weighted by molar-refractivity contribution is 5.98. The van der Waals surface area contributed by atoms with Gasteiger partial charge in [0.2, 0.25) is 41.4 Å². The van der Waals surface area contributed by atoms with Crippen LogP contribution in [0, 0.1) is 35.5 Å². The smallest absolute Gasteiger partial charge is 0.408 e. The number of aliphatic carboxylic acids is 1. The van der Waals surface area contributed by atoms with Crippen molar-refractivity contribution in [2.45, 2.75) is 248 Å². The number of carboxylic acid groups (broad SMARTS) is 1. The Labute approximate surface area is 557 Å². The fraction of sp³-hybridized carbons (Fsp3) is 0.667. The molecule has 2 aromatic rings. The van der Waals surface area contributed by atoms with Gasteiger partial charge in [-0.25, -0.2) is 19.2 Å². The number of amides is 10. The highest BCUT2D eigenvalue weighted by atomic mass is 16.6. The normalized spacial score (nSPS) is 14.1. The maximum absolute atomic E-state index is 14.6. The number of carboxylic acids is 1. The average molecular weight is 1320 g/mol. The van der Waals surface area contributed by atoms with E-state index < -0.39 is 120 Å². The summed E-state index contributed by atoms with van der Waals surface area (Å²) in [4.78, 5) is 151. The molecule has 11 N–H and O–H groups in total. The van der Waals surface area contributed by atoms with Crippen molar-refractivity contribution in [3.05, 3.63) is 71.8 Å². The lowest BCUT2D eigenvalue weighted by Crippen LogP contribution is -2.60. The van der Waals surface area contributed by atoms with E-state index in [0.29, 0.717) is 19.3 Å². The molecule has 25 nitrogen and oxygen atoms in total. The van der Waals surface area contributed by atoms with Crippen LogP contribution in [0.2, 0.25) is 0 Å². The molecular formula is C69H112N10O15. The highest BCUT2D eigenvalue weighted by Crippen LogP contribution is 2.17. The largest absolute Gasteiger partial charge is 0.480 e. The summed E-state index contributed by atoms with van der Waals surface area (Å²) >= 11 is 0. The van der Waals surface area contributed by atoms with Crippen molar-refractivity contribution >= 4 is 65.6 Å². The van der Waals surface area contributed by atoms with Crippen molar-refractivity contribution < 1.29 is 72.1 Å². The Morgan fingerprint density at radius 1 is 0.351 bits per heavy atom. The lowest BCUT2D eigenvalue weighted by atomic mass is 9.97. The van der Waals surface area contributed by atoms with Gasteiger partial charge in [0.1, 0.15) is 67.1 Å². The number of benzene rings is 2. The van der Waals surface area contributed by atoms with E-state index in [9.17, 15) is 57.8 Å².